The molecule has 222 valence electrons. The van der Waals surface area contributed by atoms with Crippen LogP contribution in [0.15, 0.2) is 200 Å². The number of anilines is 3. The summed E-state index contributed by atoms with van der Waals surface area (Å²) >= 11 is 0. The van der Waals surface area contributed by atoms with Crippen LogP contribution < -0.4 is 4.90 Å². The predicted octanol–water partition coefficient (Wildman–Crippen LogP) is 13.0. The van der Waals surface area contributed by atoms with Crippen LogP contribution in [0.25, 0.3) is 55.3 Å². The summed E-state index contributed by atoms with van der Waals surface area (Å²) in [5.41, 5.74) is 1.96. The molecular weight excluding hydrogens is 567 g/mol. The van der Waals surface area contributed by atoms with Crippen LogP contribution in [0.2, 0.25) is 0 Å². The van der Waals surface area contributed by atoms with Gasteiger partial charge in [-0.1, -0.05) is 151 Å². The largest absolute Gasteiger partial charge is 0.310 e. The van der Waals surface area contributed by atoms with E-state index in [4.69, 9.17) is 6.85 Å². The zero-order valence-corrected chi connectivity index (χ0v) is 25.0. The molecule has 0 saturated heterocycles. The van der Waals surface area contributed by atoms with Gasteiger partial charge in [-0.05, 0) is 104 Å². The molecular formula is C46H33N. The van der Waals surface area contributed by atoms with Crippen LogP contribution in [-0.4, -0.2) is 0 Å². The van der Waals surface area contributed by atoms with Crippen molar-refractivity contribution in [3.8, 4) is 44.5 Å². The third-order valence-electron chi connectivity index (χ3n) is 7.87. The maximum Gasteiger partial charge on any atom is 0.0645 e. The summed E-state index contributed by atoms with van der Waals surface area (Å²) in [6.45, 7) is 0. The van der Waals surface area contributed by atoms with E-state index in [2.05, 4.69) is 0 Å². The number of benzene rings is 8. The lowest BCUT2D eigenvalue weighted by Gasteiger charge is -2.26. The summed E-state index contributed by atoms with van der Waals surface area (Å²) in [4.78, 5) is 1.18. The highest BCUT2D eigenvalue weighted by Gasteiger charge is 2.15. The van der Waals surface area contributed by atoms with Crippen LogP contribution >= 0.6 is 0 Å². The van der Waals surface area contributed by atoms with E-state index in [0.29, 0.717) is 11.1 Å². The topological polar surface area (TPSA) is 3.24 Å². The molecule has 0 atom stereocenters. The first-order valence-corrected chi connectivity index (χ1v) is 15.0. The minimum Gasteiger partial charge on any atom is -0.310 e. The Balaban J connectivity index is 1.40. The molecule has 0 bridgehead atoms. The van der Waals surface area contributed by atoms with Crippen molar-refractivity contribution in [1.82, 2.24) is 0 Å². The molecule has 0 heterocycles. The first kappa shape index (κ1) is 17.5. The molecule has 8 rings (SSSR count). The predicted molar refractivity (Wildman–Crippen MR) is 200 cm³/mol. The molecule has 8 aromatic rings. The van der Waals surface area contributed by atoms with Crippen LogP contribution in [0.4, 0.5) is 17.1 Å². The summed E-state index contributed by atoms with van der Waals surface area (Å²) in [5.74, 6) is 0. The number of fused-ring (bicyclic) bond motifs is 1. The molecule has 0 aliphatic rings. The fourth-order valence-electron chi connectivity index (χ4n) is 5.53. The molecule has 1 heteroatoms. The SMILES string of the molecule is [2H]c1c([2H])c([2H])c(-c2c([2H])c([2H])c(N(c3cccc(-c4ccc5ccccc5c4)c3)c3c([2H])c([2H])c(-c4cccc(-c5ccccc5)c4)c([2H])c3[2H])c([2H])c2[2H])c([2H])c1[2H]. The second-order valence-corrected chi connectivity index (χ2v) is 10.8. The maximum absolute atomic E-state index is 9.47. The van der Waals surface area contributed by atoms with Crippen molar-refractivity contribution in [1.29, 1.82) is 0 Å². The van der Waals surface area contributed by atoms with Gasteiger partial charge in [0.25, 0.3) is 0 Å². The van der Waals surface area contributed by atoms with Gasteiger partial charge >= 0.3 is 0 Å². The lowest BCUT2D eigenvalue weighted by molar-refractivity contribution is 1.28. The maximum atomic E-state index is 9.47. The lowest BCUT2D eigenvalue weighted by atomic mass is 9.98. The van der Waals surface area contributed by atoms with E-state index in [0.717, 1.165) is 27.5 Å². The smallest absolute Gasteiger partial charge is 0.0645 e. The van der Waals surface area contributed by atoms with Crippen LogP contribution in [0.1, 0.15) is 17.8 Å². The summed E-state index contributed by atoms with van der Waals surface area (Å²) in [5, 5.41) is 1.98. The monoisotopic (exact) mass is 612 g/mol. The lowest BCUT2D eigenvalue weighted by Crippen LogP contribution is -2.10. The summed E-state index contributed by atoms with van der Waals surface area (Å²) in [6.07, 6.45) is 0. The number of hydrogen-bond donors (Lipinski definition) is 0. The number of hydrogen-bond acceptors (Lipinski definition) is 1. The third-order valence-corrected chi connectivity index (χ3v) is 7.87. The molecule has 0 aliphatic heterocycles. The van der Waals surface area contributed by atoms with Gasteiger partial charge in [-0.3, -0.25) is 0 Å². The average Bonchev–Trinajstić information content (AvgIpc) is 3.27. The normalized spacial score (nSPS) is 14.9. The molecule has 47 heavy (non-hydrogen) atoms. The number of nitrogens with zero attached hydrogens (tertiary/aromatic N) is 1. The van der Waals surface area contributed by atoms with E-state index in [1.807, 2.05) is 84.9 Å². The van der Waals surface area contributed by atoms with Crippen LogP contribution in [0, 0.1) is 0 Å². The van der Waals surface area contributed by atoms with Crippen molar-refractivity contribution in [3.05, 3.63) is 200 Å². The molecule has 0 saturated carbocycles. The Kier molecular flexibility index (Phi) is 4.72. The molecule has 0 aromatic heterocycles. The van der Waals surface area contributed by atoms with Gasteiger partial charge in [0, 0.05) is 17.1 Å². The standard InChI is InChI=1S/C46H33N/c1-3-11-34(12-4-1)37-23-27-44(28-24-37)47(46-20-10-19-42(33-46)43-22-21-36-15-7-8-16-39(36)32-43)45-29-25-38(26-30-45)41-18-9-17-40(31-41)35-13-5-2-6-14-35/h1-33H/i1D,3D,4D,11D,12D,23D,24D,25D,26D,27D,28D,29D,30D. The molecule has 1 nitrogen and oxygen atoms in total. The van der Waals surface area contributed by atoms with Gasteiger partial charge in [0.1, 0.15) is 0 Å². The second kappa shape index (κ2) is 12.7. The average molecular weight is 613 g/mol. The van der Waals surface area contributed by atoms with Crippen molar-refractivity contribution in [2.45, 2.75) is 0 Å². The second-order valence-electron chi connectivity index (χ2n) is 10.8. The Labute approximate surface area is 294 Å². The van der Waals surface area contributed by atoms with Crippen molar-refractivity contribution >= 4 is 27.8 Å². The van der Waals surface area contributed by atoms with Crippen molar-refractivity contribution in [2.75, 3.05) is 4.90 Å². The van der Waals surface area contributed by atoms with Gasteiger partial charge in [-0.25, -0.2) is 0 Å². The molecule has 8 aromatic carbocycles. The fraction of sp³-hybridized carbons (Fsp3) is 0. The van der Waals surface area contributed by atoms with E-state index in [9.17, 15) is 11.0 Å². The summed E-state index contributed by atoms with van der Waals surface area (Å²) in [6, 6.07) is 28.9. The first-order valence-electron chi connectivity index (χ1n) is 21.5. The van der Waals surface area contributed by atoms with Crippen LogP contribution in [0.5, 0.6) is 0 Å². The van der Waals surface area contributed by atoms with E-state index in [1.54, 1.807) is 36.4 Å². The molecule has 0 amide bonds. The highest BCUT2D eigenvalue weighted by Crippen LogP contribution is 2.39. The minimum absolute atomic E-state index is 0.0208. The molecule has 0 N–H and O–H groups in total. The van der Waals surface area contributed by atoms with Crippen LogP contribution in [-0.2, 0) is 0 Å². The summed E-state index contributed by atoms with van der Waals surface area (Å²) in [7, 11) is 0. The Hall–Kier alpha value is -6.18. The molecule has 0 aliphatic carbocycles. The Morgan fingerprint density at radius 3 is 1.51 bits per heavy atom. The molecule has 0 spiro atoms. The first-order chi connectivity index (χ1) is 28.7. The van der Waals surface area contributed by atoms with E-state index in [1.165, 1.54) is 4.90 Å². The molecule has 0 fully saturated rings. The van der Waals surface area contributed by atoms with Gasteiger partial charge in [-0.15, -0.1) is 0 Å². The van der Waals surface area contributed by atoms with Crippen LogP contribution in [0.3, 0.4) is 0 Å². The Bertz CT molecular complexity index is 2950. The van der Waals surface area contributed by atoms with E-state index < -0.39 is 95.4 Å². The molecule has 0 unspecified atom stereocenters. The summed E-state index contributed by atoms with van der Waals surface area (Å²) < 4.78 is 116. The highest BCUT2D eigenvalue weighted by atomic mass is 15.1. The quantitative estimate of drug-likeness (QED) is 0.173. The van der Waals surface area contributed by atoms with Gasteiger partial charge in [0.05, 0.1) is 17.8 Å². The van der Waals surface area contributed by atoms with E-state index in [-0.39, 0.29) is 16.9 Å². The van der Waals surface area contributed by atoms with Gasteiger partial charge in [0.2, 0.25) is 0 Å². The van der Waals surface area contributed by atoms with Crippen molar-refractivity contribution < 1.29 is 17.8 Å². The Morgan fingerprint density at radius 2 is 0.809 bits per heavy atom. The van der Waals surface area contributed by atoms with Gasteiger partial charge in [-0.2, -0.15) is 0 Å². The fourth-order valence-corrected chi connectivity index (χ4v) is 5.53. The minimum atomic E-state index is -0.732. The van der Waals surface area contributed by atoms with Gasteiger partial charge < -0.3 is 4.90 Å². The van der Waals surface area contributed by atoms with Crippen molar-refractivity contribution in [3.63, 3.8) is 0 Å². The number of rotatable bonds is 7. The highest BCUT2D eigenvalue weighted by molar-refractivity contribution is 5.89. The zero-order valence-electron chi connectivity index (χ0n) is 38.0. The van der Waals surface area contributed by atoms with Gasteiger partial charge in [0.15, 0.2) is 0 Å². The van der Waals surface area contributed by atoms with Crippen molar-refractivity contribution in [2.24, 2.45) is 0 Å². The third kappa shape index (κ3) is 5.95. The zero-order chi connectivity index (χ0) is 42.7. The Morgan fingerprint density at radius 1 is 0.298 bits per heavy atom. The van der Waals surface area contributed by atoms with E-state index >= 15 is 0 Å². The molecule has 0 radical (unpaired) electrons.